The lowest BCUT2D eigenvalue weighted by Gasteiger charge is -2.13. The summed E-state index contributed by atoms with van der Waals surface area (Å²) in [4.78, 5) is 38.6. The molecular formula is C25H23N5O3S. The lowest BCUT2D eigenvalue weighted by atomic mass is 10.1. The van der Waals surface area contributed by atoms with Crippen LogP contribution in [0.5, 0.6) is 0 Å². The lowest BCUT2D eigenvalue weighted by molar-refractivity contribution is -0.116. The number of nitrogens with one attached hydrogen (secondary N) is 1. The van der Waals surface area contributed by atoms with Gasteiger partial charge in [-0.1, -0.05) is 36.8 Å². The van der Waals surface area contributed by atoms with Crippen LogP contribution in [0.2, 0.25) is 0 Å². The highest BCUT2D eigenvalue weighted by molar-refractivity contribution is 7.98. The van der Waals surface area contributed by atoms with E-state index in [1.807, 2.05) is 36.6 Å². The molecule has 1 aliphatic heterocycles. The van der Waals surface area contributed by atoms with Gasteiger partial charge >= 0.3 is 0 Å². The molecular weight excluding hydrogens is 450 g/mol. The molecule has 172 valence electrons. The monoisotopic (exact) mass is 473 g/mol. The Labute approximate surface area is 201 Å². The number of hydrogen-bond donors (Lipinski definition) is 1. The van der Waals surface area contributed by atoms with Gasteiger partial charge in [-0.05, 0) is 43.4 Å². The molecule has 2 aromatic carbocycles. The molecule has 0 fully saturated rings. The van der Waals surface area contributed by atoms with E-state index in [-0.39, 0.29) is 30.0 Å². The average Bonchev–Trinajstić information content (AvgIpc) is 3.34. The third-order valence-electron chi connectivity index (χ3n) is 5.57. The summed E-state index contributed by atoms with van der Waals surface area (Å²) >= 11 is 1.39. The zero-order valence-electron chi connectivity index (χ0n) is 18.7. The van der Waals surface area contributed by atoms with E-state index in [4.69, 9.17) is 0 Å². The van der Waals surface area contributed by atoms with Gasteiger partial charge in [0.25, 0.3) is 11.8 Å². The van der Waals surface area contributed by atoms with Crippen molar-refractivity contribution in [2.24, 2.45) is 0 Å². The Morgan fingerprint density at radius 3 is 2.26 bits per heavy atom. The zero-order chi connectivity index (χ0) is 24.1. The van der Waals surface area contributed by atoms with Crippen LogP contribution >= 0.6 is 11.8 Å². The Hall–Kier alpha value is -3.90. The number of nitriles is 1. The fraction of sp³-hybridized carbons (Fsp3) is 0.240. The second-order valence-corrected chi connectivity index (χ2v) is 8.55. The quantitative estimate of drug-likeness (QED) is 0.283. The first-order valence-electron chi connectivity index (χ1n) is 10.9. The van der Waals surface area contributed by atoms with Crippen molar-refractivity contribution in [2.75, 3.05) is 18.1 Å². The van der Waals surface area contributed by atoms with Gasteiger partial charge in [-0.2, -0.15) is 5.26 Å². The summed E-state index contributed by atoms with van der Waals surface area (Å²) in [5.74, 6) is -0.517. The second kappa shape index (κ2) is 10.4. The van der Waals surface area contributed by atoms with Crippen molar-refractivity contribution in [3.8, 4) is 11.8 Å². The maximum absolute atomic E-state index is 12.5. The van der Waals surface area contributed by atoms with E-state index in [1.54, 1.807) is 28.9 Å². The van der Waals surface area contributed by atoms with Crippen LogP contribution in [0.3, 0.4) is 0 Å². The summed E-state index contributed by atoms with van der Waals surface area (Å²) in [6.45, 7) is 0.325. The Balaban J connectivity index is 1.30. The number of anilines is 1. The predicted octanol–water partition coefficient (Wildman–Crippen LogP) is 4.26. The molecule has 4 rings (SSSR count). The van der Waals surface area contributed by atoms with Crippen LogP contribution in [0.1, 0.15) is 52.0 Å². The van der Waals surface area contributed by atoms with E-state index < -0.39 is 0 Å². The van der Waals surface area contributed by atoms with Gasteiger partial charge in [0.15, 0.2) is 5.82 Å². The van der Waals surface area contributed by atoms with Crippen molar-refractivity contribution in [3.05, 3.63) is 71.3 Å². The van der Waals surface area contributed by atoms with Crippen molar-refractivity contribution >= 4 is 35.3 Å². The van der Waals surface area contributed by atoms with Crippen molar-refractivity contribution in [2.45, 2.75) is 30.7 Å². The summed E-state index contributed by atoms with van der Waals surface area (Å²) < 4.78 is 1.65. The Morgan fingerprint density at radius 2 is 1.65 bits per heavy atom. The maximum Gasteiger partial charge on any atom is 0.261 e. The smallest absolute Gasteiger partial charge is 0.261 e. The van der Waals surface area contributed by atoms with Crippen molar-refractivity contribution < 1.29 is 14.4 Å². The van der Waals surface area contributed by atoms with Gasteiger partial charge < -0.3 is 5.32 Å². The van der Waals surface area contributed by atoms with E-state index in [0.717, 1.165) is 5.69 Å². The zero-order valence-corrected chi connectivity index (χ0v) is 19.5. The van der Waals surface area contributed by atoms with Gasteiger partial charge in [-0.3, -0.25) is 19.3 Å². The number of amides is 3. The SMILES string of the molecule is CSc1c(C#N)c(NC(=O)CCCCCN2C(=O)c3ccccc3C2=O)nn1-c1ccccc1. The number of carbonyl (C=O) groups is 3. The van der Waals surface area contributed by atoms with Crippen LogP contribution in [-0.4, -0.2) is 45.2 Å². The molecule has 3 aromatic rings. The van der Waals surface area contributed by atoms with E-state index in [0.29, 0.717) is 47.5 Å². The summed E-state index contributed by atoms with van der Waals surface area (Å²) in [6.07, 6.45) is 3.99. The average molecular weight is 474 g/mol. The summed E-state index contributed by atoms with van der Waals surface area (Å²) in [5, 5.41) is 17.5. The first-order valence-corrected chi connectivity index (χ1v) is 12.1. The Morgan fingerprint density at radius 1 is 1.00 bits per heavy atom. The number of aromatic nitrogens is 2. The first kappa shape index (κ1) is 23.3. The summed E-state index contributed by atoms with van der Waals surface area (Å²) in [7, 11) is 0. The molecule has 1 aliphatic rings. The number of rotatable bonds is 9. The molecule has 0 radical (unpaired) electrons. The molecule has 1 aromatic heterocycles. The minimum atomic E-state index is -0.263. The normalized spacial score (nSPS) is 12.5. The molecule has 0 spiro atoms. The molecule has 1 N–H and O–H groups in total. The van der Waals surface area contributed by atoms with Gasteiger partial charge in [0, 0.05) is 13.0 Å². The summed E-state index contributed by atoms with van der Waals surface area (Å²) in [6, 6.07) is 18.4. The highest BCUT2D eigenvalue weighted by Gasteiger charge is 2.34. The lowest BCUT2D eigenvalue weighted by Crippen LogP contribution is -2.30. The third kappa shape index (κ3) is 4.58. The molecule has 0 aliphatic carbocycles. The standard InChI is InChI=1S/C25H23N5O3S/c1-34-25-20(16-26)22(28-30(25)17-10-4-2-5-11-17)27-21(31)14-6-3-9-15-29-23(32)18-12-7-8-13-19(18)24(29)33/h2,4-5,7-8,10-13H,3,6,9,14-15H2,1H3,(H,27,28,31). The molecule has 0 saturated heterocycles. The minimum Gasteiger partial charge on any atom is -0.308 e. The van der Waals surface area contributed by atoms with Crippen LogP contribution in [0.25, 0.3) is 5.69 Å². The fourth-order valence-corrected chi connectivity index (χ4v) is 4.56. The maximum atomic E-state index is 12.5. The summed E-state index contributed by atoms with van der Waals surface area (Å²) in [5.41, 5.74) is 2.02. The van der Waals surface area contributed by atoms with Crippen LogP contribution in [0.15, 0.2) is 59.6 Å². The largest absolute Gasteiger partial charge is 0.308 e. The molecule has 0 unspecified atom stereocenters. The minimum absolute atomic E-state index is 0.234. The number of thioether (sulfide) groups is 1. The number of unbranched alkanes of at least 4 members (excludes halogenated alkanes) is 2. The Kier molecular flexibility index (Phi) is 7.09. The molecule has 0 atom stereocenters. The van der Waals surface area contributed by atoms with E-state index >= 15 is 0 Å². The molecule has 8 nitrogen and oxygen atoms in total. The number of hydrogen-bond acceptors (Lipinski definition) is 6. The Bertz CT molecular complexity index is 1240. The highest BCUT2D eigenvalue weighted by atomic mass is 32.2. The number of benzene rings is 2. The predicted molar refractivity (Wildman–Crippen MR) is 129 cm³/mol. The van der Waals surface area contributed by atoms with Crippen LogP contribution in [-0.2, 0) is 4.79 Å². The number of fused-ring (bicyclic) bond motifs is 1. The highest BCUT2D eigenvalue weighted by Crippen LogP contribution is 2.29. The van der Waals surface area contributed by atoms with Crippen molar-refractivity contribution in [3.63, 3.8) is 0 Å². The van der Waals surface area contributed by atoms with Gasteiger partial charge in [-0.25, -0.2) is 4.68 Å². The number of imide groups is 1. The molecule has 0 saturated carbocycles. The molecule has 3 amide bonds. The van der Waals surface area contributed by atoms with Gasteiger partial charge in [0.05, 0.1) is 16.8 Å². The fourth-order valence-electron chi connectivity index (χ4n) is 3.89. The van der Waals surface area contributed by atoms with E-state index in [1.165, 1.54) is 16.7 Å². The number of para-hydroxylation sites is 1. The second-order valence-electron chi connectivity index (χ2n) is 7.76. The third-order valence-corrected chi connectivity index (χ3v) is 6.33. The van der Waals surface area contributed by atoms with E-state index in [2.05, 4.69) is 16.5 Å². The van der Waals surface area contributed by atoms with Crippen molar-refractivity contribution in [1.29, 1.82) is 5.26 Å². The number of carbonyl (C=O) groups excluding carboxylic acids is 3. The molecule has 34 heavy (non-hydrogen) atoms. The number of nitrogens with zero attached hydrogens (tertiary/aromatic N) is 4. The topological polar surface area (TPSA) is 108 Å². The van der Waals surface area contributed by atoms with Crippen LogP contribution < -0.4 is 5.32 Å². The molecule has 9 heteroatoms. The van der Waals surface area contributed by atoms with Gasteiger partial charge in [0.2, 0.25) is 5.91 Å². The molecule has 0 bridgehead atoms. The molecule has 2 heterocycles. The van der Waals surface area contributed by atoms with Crippen LogP contribution in [0, 0.1) is 11.3 Å². The van der Waals surface area contributed by atoms with E-state index in [9.17, 15) is 19.6 Å². The van der Waals surface area contributed by atoms with Gasteiger partial charge in [-0.15, -0.1) is 16.9 Å². The first-order chi connectivity index (χ1) is 16.5. The van der Waals surface area contributed by atoms with Crippen molar-refractivity contribution in [1.82, 2.24) is 14.7 Å². The van der Waals surface area contributed by atoms with Crippen LogP contribution in [0.4, 0.5) is 5.82 Å². The van der Waals surface area contributed by atoms with Gasteiger partial charge in [0.1, 0.15) is 16.7 Å².